The molecule has 1 aliphatic rings. The van der Waals surface area contributed by atoms with Crippen LogP contribution in [0.3, 0.4) is 0 Å². The van der Waals surface area contributed by atoms with Gasteiger partial charge in [0.05, 0.1) is 28.8 Å². The maximum Gasteiger partial charge on any atom is 0.182 e. The van der Waals surface area contributed by atoms with Crippen molar-refractivity contribution in [2.45, 2.75) is 19.9 Å². The van der Waals surface area contributed by atoms with Gasteiger partial charge in [0, 0.05) is 11.3 Å². The first kappa shape index (κ1) is 20.2. The Morgan fingerprint density at radius 2 is 1.84 bits per heavy atom. The van der Waals surface area contributed by atoms with E-state index in [1.165, 1.54) is 6.33 Å². The van der Waals surface area contributed by atoms with Gasteiger partial charge in [-0.25, -0.2) is 19.9 Å². The normalized spacial score (nSPS) is 14.4. The molecule has 0 fully saturated rings. The summed E-state index contributed by atoms with van der Waals surface area (Å²) in [5.41, 5.74) is 4.74. The molecule has 7 nitrogen and oxygen atoms in total. The van der Waals surface area contributed by atoms with Crippen LogP contribution in [0.1, 0.15) is 19.4 Å². The van der Waals surface area contributed by atoms with Crippen LogP contribution in [0, 0.1) is 5.92 Å². The molecule has 32 heavy (non-hydrogen) atoms. The second-order valence-corrected chi connectivity index (χ2v) is 8.32. The van der Waals surface area contributed by atoms with Crippen molar-refractivity contribution in [1.29, 1.82) is 0 Å². The van der Waals surface area contributed by atoms with E-state index in [-0.39, 0.29) is 12.0 Å². The number of hydrogen-bond acceptors (Lipinski definition) is 6. The number of aliphatic imine (C=N–C) groups is 1. The maximum atomic E-state index is 6.56. The van der Waals surface area contributed by atoms with Crippen molar-refractivity contribution >= 4 is 51.5 Å². The SMILES string of the molecule is C=C1c2c(Cl)cccc2N=C(C(Nc2ncnc3nc[nH]c23)C(C)C)N1c1ccccc1. The number of rotatable bonds is 5. The third-order valence-corrected chi connectivity index (χ3v) is 5.80. The molecule has 1 aliphatic heterocycles. The van der Waals surface area contributed by atoms with E-state index in [1.54, 1.807) is 6.33 Å². The molecule has 2 aromatic heterocycles. The van der Waals surface area contributed by atoms with Gasteiger partial charge in [-0.2, -0.15) is 0 Å². The topological polar surface area (TPSA) is 82.1 Å². The molecule has 0 amide bonds. The minimum atomic E-state index is -0.180. The highest BCUT2D eigenvalue weighted by Crippen LogP contribution is 2.41. The highest BCUT2D eigenvalue weighted by Gasteiger charge is 2.33. The summed E-state index contributed by atoms with van der Waals surface area (Å²) in [5.74, 6) is 1.67. The third-order valence-electron chi connectivity index (χ3n) is 5.49. The lowest BCUT2D eigenvalue weighted by Gasteiger charge is -2.38. The first-order valence-corrected chi connectivity index (χ1v) is 10.7. The standard InChI is InChI=1S/C24H22ClN7/c1-14(2)20(31-23-21-22(27-12-26-21)28-13-29-23)24-30-18-11-7-10-17(25)19(18)15(3)32(24)16-8-5-4-6-9-16/h4-14,20H,3H2,1-2H3,(H2,26,27,28,29,31). The van der Waals surface area contributed by atoms with Gasteiger partial charge in [0.2, 0.25) is 0 Å². The van der Waals surface area contributed by atoms with Crippen molar-refractivity contribution in [3.05, 3.63) is 78.4 Å². The van der Waals surface area contributed by atoms with Gasteiger partial charge in [-0.05, 0) is 30.2 Å². The van der Waals surface area contributed by atoms with Crippen molar-refractivity contribution in [2.24, 2.45) is 10.9 Å². The number of imidazole rings is 1. The Balaban J connectivity index is 1.67. The molecule has 4 aromatic rings. The van der Waals surface area contributed by atoms with Crippen LogP contribution in [0.4, 0.5) is 17.2 Å². The number of aromatic nitrogens is 4. The fourth-order valence-corrected chi connectivity index (χ4v) is 4.22. The van der Waals surface area contributed by atoms with Crippen molar-refractivity contribution < 1.29 is 0 Å². The molecule has 1 atom stereocenters. The van der Waals surface area contributed by atoms with Gasteiger partial charge in [-0.1, -0.05) is 56.3 Å². The number of nitrogens with zero attached hydrogens (tertiary/aromatic N) is 5. The summed E-state index contributed by atoms with van der Waals surface area (Å²) >= 11 is 6.56. The van der Waals surface area contributed by atoms with E-state index in [1.807, 2.05) is 48.5 Å². The first-order chi connectivity index (χ1) is 15.5. The molecule has 0 spiro atoms. The number of aromatic amines is 1. The van der Waals surface area contributed by atoms with E-state index in [2.05, 4.69) is 50.6 Å². The highest BCUT2D eigenvalue weighted by atomic mass is 35.5. The maximum absolute atomic E-state index is 6.56. The summed E-state index contributed by atoms with van der Waals surface area (Å²) in [5, 5.41) is 4.20. The largest absolute Gasteiger partial charge is 0.358 e. The molecule has 0 saturated heterocycles. The molecule has 0 radical (unpaired) electrons. The molecule has 1 unspecified atom stereocenters. The Morgan fingerprint density at radius 1 is 1.03 bits per heavy atom. The van der Waals surface area contributed by atoms with Crippen molar-refractivity contribution in [3.8, 4) is 0 Å². The summed E-state index contributed by atoms with van der Waals surface area (Å²) in [4.78, 5) is 23.2. The van der Waals surface area contributed by atoms with E-state index in [4.69, 9.17) is 16.6 Å². The molecular formula is C24H22ClN7. The lowest BCUT2D eigenvalue weighted by atomic mass is 9.97. The minimum Gasteiger partial charge on any atom is -0.358 e. The Morgan fingerprint density at radius 3 is 2.62 bits per heavy atom. The quantitative estimate of drug-likeness (QED) is 0.415. The summed E-state index contributed by atoms with van der Waals surface area (Å²) in [6.45, 7) is 8.69. The van der Waals surface area contributed by atoms with Crippen LogP contribution >= 0.6 is 11.6 Å². The molecule has 0 bridgehead atoms. The smallest absolute Gasteiger partial charge is 0.182 e. The van der Waals surface area contributed by atoms with Crippen LogP contribution in [0.25, 0.3) is 16.9 Å². The van der Waals surface area contributed by atoms with Crippen molar-refractivity contribution in [3.63, 3.8) is 0 Å². The average Bonchev–Trinajstić information content (AvgIpc) is 3.27. The van der Waals surface area contributed by atoms with E-state index in [9.17, 15) is 0 Å². The van der Waals surface area contributed by atoms with E-state index >= 15 is 0 Å². The minimum absolute atomic E-state index is 0.180. The fourth-order valence-electron chi connectivity index (χ4n) is 3.94. The molecule has 8 heteroatoms. The van der Waals surface area contributed by atoms with Gasteiger partial charge in [0.25, 0.3) is 0 Å². The second-order valence-electron chi connectivity index (χ2n) is 7.91. The van der Waals surface area contributed by atoms with Crippen molar-refractivity contribution in [2.75, 3.05) is 10.2 Å². The molecule has 3 heterocycles. The number of anilines is 2. The Bertz CT molecular complexity index is 1330. The fraction of sp³-hybridized carbons (Fsp3) is 0.167. The zero-order valence-electron chi connectivity index (χ0n) is 17.7. The highest BCUT2D eigenvalue weighted by molar-refractivity contribution is 6.34. The molecule has 0 saturated carbocycles. The van der Waals surface area contributed by atoms with E-state index < -0.39 is 0 Å². The number of halogens is 1. The number of hydrogen-bond donors (Lipinski definition) is 2. The Kier molecular flexibility index (Phi) is 5.11. The molecule has 5 rings (SSSR count). The summed E-state index contributed by atoms with van der Waals surface area (Å²) in [6.07, 6.45) is 3.12. The zero-order valence-corrected chi connectivity index (χ0v) is 18.5. The summed E-state index contributed by atoms with van der Waals surface area (Å²) < 4.78 is 0. The summed E-state index contributed by atoms with van der Waals surface area (Å²) in [7, 11) is 0. The number of benzene rings is 2. The van der Waals surface area contributed by atoms with Gasteiger partial charge in [0.15, 0.2) is 11.5 Å². The van der Waals surface area contributed by atoms with Gasteiger partial charge >= 0.3 is 0 Å². The molecular weight excluding hydrogens is 422 g/mol. The van der Waals surface area contributed by atoms with Gasteiger partial charge < -0.3 is 10.3 Å². The van der Waals surface area contributed by atoms with Crippen LogP contribution in [0.15, 0.2) is 72.8 Å². The van der Waals surface area contributed by atoms with E-state index in [0.29, 0.717) is 16.5 Å². The lowest BCUT2D eigenvalue weighted by molar-refractivity contribution is 0.617. The van der Waals surface area contributed by atoms with Crippen LogP contribution in [0.5, 0.6) is 0 Å². The molecule has 160 valence electrons. The monoisotopic (exact) mass is 443 g/mol. The van der Waals surface area contributed by atoms with E-state index in [0.717, 1.165) is 34.0 Å². The Hall–Kier alpha value is -3.71. The molecule has 2 N–H and O–H groups in total. The second kappa shape index (κ2) is 8.09. The van der Waals surface area contributed by atoms with Crippen LogP contribution in [-0.4, -0.2) is 31.8 Å². The first-order valence-electron chi connectivity index (χ1n) is 10.4. The zero-order chi connectivity index (χ0) is 22.2. The predicted molar refractivity (Wildman–Crippen MR) is 130 cm³/mol. The summed E-state index contributed by atoms with van der Waals surface area (Å²) in [6, 6.07) is 15.6. The number of fused-ring (bicyclic) bond motifs is 2. The average molecular weight is 444 g/mol. The number of H-pyrrole nitrogens is 1. The van der Waals surface area contributed by atoms with Gasteiger partial charge in [-0.15, -0.1) is 0 Å². The third kappa shape index (κ3) is 3.40. The van der Waals surface area contributed by atoms with Crippen LogP contribution in [-0.2, 0) is 0 Å². The van der Waals surface area contributed by atoms with Crippen molar-refractivity contribution in [1.82, 2.24) is 19.9 Å². The van der Waals surface area contributed by atoms with Gasteiger partial charge in [-0.3, -0.25) is 4.90 Å². The van der Waals surface area contributed by atoms with Gasteiger partial charge in [0.1, 0.15) is 17.7 Å². The number of para-hydroxylation sites is 1. The molecule has 0 aliphatic carbocycles. The van der Waals surface area contributed by atoms with Crippen LogP contribution in [0.2, 0.25) is 5.02 Å². The number of amidine groups is 1. The predicted octanol–water partition coefficient (Wildman–Crippen LogP) is 5.66. The molecule has 2 aromatic carbocycles. The number of nitrogens with one attached hydrogen (secondary N) is 2. The Labute approximate surface area is 190 Å². The lowest BCUT2D eigenvalue weighted by Crippen LogP contribution is -2.46. The van der Waals surface area contributed by atoms with Crippen LogP contribution < -0.4 is 10.2 Å².